The lowest BCUT2D eigenvalue weighted by Gasteiger charge is -2.33. The summed E-state index contributed by atoms with van der Waals surface area (Å²) in [7, 11) is -3.99. The van der Waals surface area contributed by atoms with Crippen LogP contribution in [0.1, 0.15) is 5.56 Å². The first-order valence-corrected chi connectivity index (χ1v) is 11.5. The van der Waals surface area contributed by atoms with E-state index in [0.717, 1.165) is 14.7 Å². The van der Waals surface area contributed by atoms with Crippen LogP contribution in [0.5, 0.6) is 0 Å². The predicted octanol–water partition coefficient (Wildman–Crippen LogP) is -0.844. The highest BCUT2D eigenvalue weighted by atomic mass is 31.2. The maximum Gasteiger partial charge on any atom is 0.317 e. The summed E-state index contributed by atoms with van der Waals surface area (Å²) >= 11 is 0. The van der Waals surface area contributed by atoms with Gasteiger partial charge in [-0.2, -0.15) is 0 Å². The van der Waals surface area contributed by atoms with Crippen LogP contribution in [0.2, 0.25) is 0 Å². The van der Waals surface area contributed by atoms with Gasteiger partial charge < -0.3 is 31.1 Å². The Kier molecular flexibility index (Phi) is 10.9. The SMILES string of the molecule is Nc1ccc(CP(=O)(O)CN(CN(CC(=O)O)CC(=O)O)CN(CC(=O)O)CC(=O)O)cc1. The number of aliphatic carboxylic acids is 4. The molecule has 1 aromatic rings. The first-order valence-electron chi connectivity index (χ1n) is 9.45. The monoisotopic (exact) mass is 490 g/mol. The minimum atomic E-state index is -3.99. The molecule has 0 spiro atoms. The van der Waals surface area contributed by atoms with Crippen molar-refractivity contribution in [2.24, 2.45) is 0 Å². The second-order valence-electron chi connectivity index (χ2n) is 7.39. The van der Waals surface area contributed by atoms with Gasteiger partial charge in [-0.1, -0.05) is 12.1 Å². The maximum atomic E-state index is 12.9. The minimum Gasteiger partial charge on any atom is -0.480 e. The van der Waals surface area contributed by atoms with Gasteiger partial charge in [0.2, 0.25) is 7.37 Å². The molecule has 0 heterocycles. The Bertz CT molecular complexity index is 825. The smallest absolute Gasteiger partial charge is 0.317 e. The van der Waals surface area contributed by atoms with Crippen LogP contribution in [0.4, 0.5) is 5.69 Å². The lowest BCUT2D eigenvalue weighted by atomic mass is 10.2. The van der Waals surface area contributed by atoms with Gasteiger partial charge in [0.05, 0.1) is 52.0 Å². The molecule has 33 heavy (non-hydrogen) atoms. The summed E-state index contributed by atoms with van der Waals surface area (Å²) in [6.07, 6.45) is -0.873. The summed E-state index contributed by atoms with van der Waals surface area (Å²) < 4.78 is 12.9. The van der Waals surface area contributed by atoms with Crippen LogP contribution in [0, 0.1) is 0 Å². The van der Waals surface area contributed by atoms with Crippen LogP contribution in [-0.2, 0) is 29.9 Å². The third kappa shape index (κ3) is 12.6. The number of carboxylic acid groups (broad SMARTS) is 4. The van der Waals surface area contributed by atoms with Crippen molar-refractivity contribution in [1.29, 1.82) is 0 Å². The Hall–Kier alpha value is -3.03. The molecule has 1 aromatic carbocycles. The molecule has 1 rings (SSSR count). The average Bonchev–Trinajstić information content (AvgIpc) is 2.60. The number of carbonyl (C=O) groups is 4. The topological polar surface area (TPSA) is 222 Å². The van der Waals surface area contributed by atoms with E-state index >= 15 is 0 Å². The van der Waals surface area contributed by atoms with Crippen LogP contribution < -0.4 is 5.73 Å². The molecule has 0 fully saturated rings. The Balaban J connectivity index is 3.13. The number of carboxylic acids is 4. The highest BCUT2D eigenvalue weighted by Gasteiger charge is 2.28. The summed E-state index contributed by atoms with van der Waals surface area (Å²) in [4.78, 5) is 58.0. The molecular formula is C18H27N4O10P. The Morgan fingerprint density at radius 2 is 1.09 bits per heavy atom. The van der Waals surface area contributed by atoms with E-state index in [1.165, 1.54) is 12.1 Å². The number of benzene rings is 1. The molecule has 1 atom stereocenters. The van der Waals surface area contributed by atoms with E-state index in [0.29, 0.717) is 11.3 Å². The second-order valence-corrected chi connectivity index (χ2v) is 9.68. The normalized spacial score (nSPS) is 13.2. The van der Waals surface area contributed by atoms with E-state index in [4.69, 9.17) is 26.2 Å². The first kappa shape index (κ1) is 28.0. The fraction of sp³-hybridized carbons (Fsp3) is 0.444. The van der Waals surface area contributed by atoms with Gasteiger partial charge in [-0.3, -0.25) is 38.4 Å². The molecule has 0 saturated carbocycles. The van der Waals surface area contributed by atoms with Gasteiger partial charge in [-0.15, -0.1) is 0 Å². The van der Waals surface area contributed by atoms with Gasteiger partial charge in [-0.05, 0) is 17.7 Å². The van der Waals surface area contributed by atoms with Crippen molar-refractivity contribution in [3.8, 4) is 0 Å². The zero-order chi connectivity index (χ0) is 25.2. The second kappa shape index (κ2) is 12.9. The van der Waals surface area contributed by atoms with Crippen molar-refractivity contribution in [3.05, 3.63) is 29.8 Å². The van der Waals surface area contributed by atoms with Gasteiger partial charge in [-0.25, -0.2) is 0 Å². The molecule has 0 radical (unpaired) electrons. The van der Waals surface area contributed by atoms with E-state index in [1.54, 1.807) is 12.1 Å². The van der Waals surface area contributed by atoms with E-state index in [1.807, 2.05) is 0 Å². The Morgan fingerprint density at radius 1 is 0.727 bits per heavy atom. The predicted molar refractivity (Wildman–Crippen MR) is 115 cm³/mol. The molecule has 0 aromatic heterocycles. The summed E-state index contributed by atoms with van der Waals surface area (Å²) in [5.74, 6) is -5.40. The lowest BCUT2D eigenvalue weighted by molar-refractivity contribution is -0.143. The number of hydrogen-bond donors (Lipinski definition) is 6. The molecule has 0 saturated heterocycles. The number of rotatable bonds is 16. The van der Waals surface area contributed by atoms with E-state index in [9.17, 15) is 28.6 Å². The number of hydrogen-bond acceptors (Lipinski definition) is 9. The molecule has 184 valence electrons. The zero-order valence-electron chi connectivity index (χ0n) is 17.6. The fourth-order valence-electron chi connectivity index (χ4n) is 3.05. The van der Waals surface area contributed by atoms with E-state index in [-0.39, 0.29) is 6.16 Å². The van der Waals surface area contributed by atoms with Crippen molar-refractivity contribution >= 4 is 36.9 Å². The van der Waals surface area contributed by atoms with Crippen molar-refractivity contribution < 1.29 is 49.1 Å². The van der Waals surface area contributed by atoms with Gasteiger partial charge in [0, 0.05) is 5.69 Å². The van der Waals surface area contributed by atoms with Crippen molar-refractivity contribution in [2.45, 2.75) is 6.16 Å². The highest BCUT2D eigenvalue weighted by Crippen LogP contribution is 2.45. The van der Waals surface area contributed by atoms with Crippen molar-refractivity contribution in [2.75, 3.05) is 51.5 Å². The molecule has 0 amide bonds. The molecule has 1 unspecified atom stereocenters. The quantitative estimate of drug-likeness (QED) is 0.0944. The fourth-order valence-corrected chi connectivity index (χ4v) is 4.73. The molecule has 15 heteroatoms. The van der Waals surface area contributed by atoms with Gasteiger partial charge in [0.15, 0.2) is 0 Å². The molecule has 0 aliphatic heterocycles. The number of anilines is 1. The molecule has 0 aliphatic carbocycles. The number of nitrogen functional groups attached to an aromatic ring is 1. The largest absolute Gasteiger partial charge is 0.480 e. The van der Waals surface area contributed by atoms with Gasteiger partial charge >= 0.3 is 23.9 Å². The highest BCUT2D eigenvalue weighted by molar-refractivity contribution is 7.57. The molecule has 0 aliphatic rings. The van der Waals surface area contributed by atoms with Gasteiger partial charge in [0.25, 0.3) is 0 Å². The third-order valence-electron chi connectivity index (χ3n) is 4.07. The molecule has 7 N–H and O–H groups in total. The van der Waals surface area contributed by atoms with Crippen LogP contribution in [0.3, 0.4) is 0 Å². The van der Waals surface area contributed by atoms with Crippen LogP contribution in [-0.4, -0.2) is 110 Å². The maximum absolute atomic E-state index is 12.9. The van der Waals surface area contributed by atoms with Crippen LogP contribution in [0.25, 0.3) is 0 Å². The molecular weight excluding hydrogens is 463 g/mol. The summed E-state index contributed by atoms with van der Waals surface area (Å²) in [5, 5.41) is 36.2. The number of nitrogens with two attached hydrogens (primary N) is 1. The summed E-state index contributed by atoms with van der Waals surface area (Å²) in [5.41, 5.74) is 6.53. The third-order valence-corrected chi connectivity index (χ3v) is 5.77. The Morgan fingerprint density at radius 3 is 1.42 bits per heavy atom. The van der Waals surface area contributed by atoms with Crippen LogP contribution >= 0.6 is 7.37 Å². The average molecular weight is 490 g/mol. The molecule has 14 nitrogen and oxygen atoms in total. The molecule has 0 bridgehead atoms. The zero-order valence-corrected chi connectivity index (χ0v) is 18.5. The lowest BCUT2D eigenvalue weighted by Crippen LogP contribution is -2.49. The van der Waals surface area contributed by atoms with E-state index in [2.05, 4.69) is 0 Å². The van der Waals surface area contributed by atoms with E-state index < -0.39 is 77.0 Å². The first-order chi connectivity index (χ1) is 15.3. The number of nitrogens with zero attached hydrogens (tertiary/aromatic N) is 3. The summed E-state index contributed by atoms with van der Waals surface area (Å²) in [6, 6.07) is 6.17. The van der Waals surface area contributed by atoms with Crippen molar-refractivity contribution in [1.82, 2.24) is 14.7 Å². The van der Waals surface area contributed by atoms with Gasteiger partial charge in [0.1, 0.15) is 0 Å². The van der Waals surface area contributed by atoms with Crippen LogP contribution in [0.15, 0.2) is 24.3 Å². The standard InChI is InChI=1S/C18H27N4O10P/c19-14-3-1-13(2-4-14)9-33(31,32)12-22(10-20(5-15(23)24)6-16(25)26)11-21(7-17(27)28)8-18(29)30/h1-4H,5-12,19H2,(H,23,24)(H,25,26)(H,27,28)(H,29,30)(H,31,32). The minimum absolute atomic E-state index is 0.292. The summed E-state index contributed by atoms with van der Waals surface area (Å²) in [6.45, 7) is -3.74. The van der Waals surface area contributed by atoms with Crippen molar-refractivity contribution in [3.63, 3.8) is 0 Å². The Labute approximate surface area is 188 Å².